The zero-order chi connectivity index (χ0) is 37.4. The average Bonchev–Trinajstić information content (AvgIpc) is 3.81. The summed E-state index contributed by atoms with van der Waals surface area (Å²) in [5, 5.41) is 17.1. The van der Waals surface area contributed by atoms with Gasteiger partial charge in [-0.3, -0.25) is 14.4 Å². The standard InChI is InChI=1S/C35H29ClF3N9O5/c1-18-16-41-25-14-20(7-11-46(18)25)30-43-33-47(17-26(50)42-23-6-5-21(15-22(23)36)35(37,38)39)29-19(2)53-34(27(29)31(51)48(33)44-30)8-12-45(13-9-34)32(52)28-24(49)4-3-10-40-28/h3-7,10-11,14-16,19,49H,8-9,12-13,17H2,1-2H3,(H,42,50)/t19-/m1/s1. The number of fused-ring (bicyclic) bond motifs is 4. The van der Waals surface area contributed by atoms with Crippen molar-refractivity contribution in [1.82, 2.24) is 38.4 Å². The molecule has 1 atom stereocenters. The highest BCUT2D eigenvalue weighted by atomic mass is 35.5. The molecule has 1 spiro atoms. The average molecular weight is 748 g/mol. The number of nitrogens with one attached hydrogen (secondary N) is 1. The number of alkyl halides is 3. The molecule has 0 radical (unpaired) electrons. The fraction of sp³-hybridized carbons (Fsp3) is 0.286. The van der Waals surface area contributed by atoms with Crippen LogP contribution in [0.25, 0.3) is 22.8 Å². The number of halogens is 4. The monoisotopic (exact) mass is 747 g/mol. The van der Waals surface area contributed by atoms with Gasteiger partial charge in [0.15, 0.2) is 11.5 Å². The number of aryl methyl sites for hydroxylation is 1. The maximum absolute atomic E-state index is 14.5. The van der Waals surface area contributed by atoms with Gasteiger partial charge in [-0.25, -0.2) is 9.97 Å². The molecule has 5 aromatic heterocycles. The number of aromatic hydroxyl groups is 1. The van der Waals surface area contributed by atoms with Gasteiger partial charge in [0.05, 0.1) is 33.6 Å². The number of hydrogen-bond acceptors (Lipinski definition) is 9. The van der Waals surface area contributed by atoms with E-state index in [1.807, 2.05) is 11.3 Å². The van der Waals surface area contributed by atoms with Crippen molar-refractivity contribution in [2.75, 3.05) is 18.4 Å². The number of likely N-dealkylation sites (tertiary alicyclic amines) is 1. The number of aromatic nitrogens is 7. The van der Waals surface area contributed by atoms with Crippen LogP contribution in [-0.4, -0.2) is 68.4 Å². The number of carbonyl (C=O) groups excluding carboxylic acids is 2. The first kappa shape index (κ1) is 34.3. The summed E-state index contributed by atoms with van der Waals surface area (Å²) in [7, 11) is 0. The number of ether oxygens (including phenoxy) is 1. The summed E-state index contributed by atoms with van der Waals surface area (Å²) >= 11 is 6.15. The van der Waals surface area contributed by atoms with Gasteiger partial charge in [-0.15, -0.1) is 5.10 Å². The van der Waals surface area contributed by atoms with Crippen molar-refractivity contribution in [2.45, 2.75) is 51.1 Å². The minimum absolute atomic E-state index is 0.0301. The molecule has 6 aromatic rings. The second kappa shape index (κ2) is 12.4. The van der Waals surface area contributed by atoms with Crippen LogP contribution >= 0.6 is 11.6 Å². The van der Waals surface area contributed by atoms with E-state index >= 15 is 0 Å². The lowest BCUT2D eigenvalue weighted by Crippen LogP contribution is -2.47. The van der Waals surface area contributed by atoms with Gasteiger partial charge in [0, 0.05) is 42.9 Å². The maximum atomic E-state index is 14.5. The van der Waals surface area contributed by atoms with Crippen LogP contribution in [-0.2, 0) is 27.9 Å². The second-order valence-electron chi connectivity index (χ2n) is 13.0. The van der Waals surface area contributed by atoms with Crippen LogP contribution in [0.2, 0.25) is 5.02 Å². The number of hydrogen-bond donors (Lipinski definition) is 2. The normalized spacial score (nSPS) is 16.8. The Morgan fingerprint density at radius 3 is 2.62 bits per heavy atom. The van der Waals surface area contributed by atoms with E-state index in [1.165, 1.54) is 27.8 Å². The molecule has 53 heavy (non-hydrogen) atoms. The van der Waals surface area contributed by atoms with E-state index in [2.05, 4.69) is 20.4 Å². The van der Waals surface area contributed by atoms with Gasteiger partial charge in [-0.1, -0.05) is 11.6 Å². The summed E-state index contributed by atoms with van der Waals surface area (Å²) in [5.74, 6) is -1.17. The summed E-state index contributed by atoms with van der Waals surface area (Å²) in [6.07, 6.45) is -0.0221. The topological polar surface area (TPSA) is 161 Å². The lowest BCUT2D eigenvalue weighted by atomic mass is 9.85. The predicted molar refractivity (Wildman–Crippen MR) is 183 cm³/mol. The van der Waals surface area contributed by atoms with Crippen LogP contribution < -0.4 is 10.9 Å². The van der Waals surface area contributed by atoms with Crippen molar-refractivity contribution in [3.63, 3.8) is 0 Å². The van der Waals surface area contributed by atoms with Crippen LogP contribution in [0.5, 0.6) is 5.75 Å². The van der Waals surface area contributed by atoms with Gasteiger partial charge >= 0.3 is 6.18 Å². The molecule has 2 N–H and O–H groups in total. The SMILES string of the molecule is Cc1cnc2cc(-c3nc4n(CC(=O)Nc5ccc(C(F)(F)F)cc5Cl)c5c(c(=O)n4n3)C3(CCN(C(=O)c4ncccc4O)CC3)O[C@@H]5C)ccn12. The van der Waals surface area contributed by atoms with Crippen molar-refractivity contribution in [3.05, 3.63) is 105 Å². The smallest absolute Gasteiger partial charge is 0.416 e. The van der Waals surface area contributed by atoms with Gasteiger partial charge in [-0.2, -0.15) is 22.7 Å². The Labute approximate surface area is 302 Å². The van der Waals surface area contributed by atoms with Crippen molar-refractivity contribution in [2.24, 2.45) is 0 Å². The first-order valence-electron chi connectivity index (χ1n) is 16.5. The highest BCUT2D eigenvalue weighted by Crippen LogP contribution is 2.48. The minimum atomic E-state index is -4.63. The molecular formula is C35H29ClF3N9O5. The summed E-state index contributed by atoms with van der Waals surface area (Å²) in [4.78, 5) is 56.1. The van der Waals surface area contributed by atoms with Crippen LogP contribution in [0.1, 0.15) is 58.9 Å². The minimum Gasteiger partial charge on any atom is -0.505 e. The fourth-order valence-corrected chi connectivity index (χ4v) is 7.41. The number of carbonyl (C=O) groups is 2. The number of benzene rings is 1. The molecule has 2 aliphatic heterocycles. The van der Waals surface area contributed by atoms with Crippen molar-refractivity contribution < 1.29 is 32.6 Å². The van der Waals surface area contributed by atoms with Gasteiger partial charge in [0.2, 0.25) is 11.7 Å². The van der Waals surface area contributed by atoms with E-state index in [0.29, 0.717) is 16.9 Å². The maximum Gasteiger partial charge on any atom is 0.416 e. The fourth-order valence-electron chi connectivity index (χ4n) is 7.18. The van der Waals surface area contributed by atoms with Gasteiger partial charge in [0.25, 0.3) is 11.5 Å². The molecule has 2 aliphatic rings. The Morgan fingerprint density at radius 2 is 1.91 bits per heavy atom. The molecular weight excluding hydrogens is 719 g/mol. The molecule has 1 aromatic carbocycles. The van der Waals surface area contributed by atoms with Gasteiger partial charge in [-0.05, 0) is 69.2 Å². The quantitative estimate of drug-likeness (QED) is 0.243. The largest absolute Gasteiger partial charge is 0.505 e. The Morgan fingerprint density at radius 1 is 1.13 bits per heavy atom. The first-order chi connectivity index (χ1) is 25.2. The lowest BCUT2D eigenvalue weighted by molar-refractivity contribution is -0.137. The zero-order valence-electron chi connectivity index (χ0n) is 28.1. The number of pyridine rings is 2. The Balaban J connectivity index is 1.20. The molecule has 14 nitrogen and oxygen atoms in total. The summed E-state index contributed by atoms with van der Waals surface area (Å²) < 4.78 is 50.8. The Hall–Kier alpha value is -5.81. The Kier molecular flexibility index (Phi) is 8.03. The highest BCUT2D eigenvalue weighted by Gasteiger charge is 2.50. The van der Waals surface area contributed by atoms with E-state index < -0.39 is 47.4 Å². The third kappa shape index (κ3) is 5.76. The van der Waals surface area contributed by atoms with E-state index in [-0.39, 0.29) is 65.3 Å². The van der Waals surface area contributed by atoms with E-state index in [4.69, 9.17) is 21.3 Å². The number of anilines is 1. The summed E-state index contributed by atoms with van der Waals surface area (Å²) in [5.41, 5.74) is -0.0653. The third-order valence-electron chi connectivity index (χ3n) is 9.70. The van der Waals surface area contributed by atoms with Crippen molar-refractivity contribution in [3.8, 4) is 17.1 Å². The molecule has 18 heteroatoms. The third-order valence-corrected chi connectivity index (χ3v) is 10.0. The summed E-state index contributed by atoms with van der Waals surface area (Å²) in [6.45, 7) is 3.53. The van der Waals surface area contributed by atoms with E-state index in [1.54, 1.807) is 31.5 Å². The molecule has 0 bridgehead atoms. The lowest BCUT2D eigenvalue weighted by Gasteiger charge is -2.39. The highest BCUT2D eigenvalue weighted by molar-refractivity contribution is 6.33. The molecule has 0 unspecified atom stereocenters. The van der Waals surface area contributed by atoms with E-state index in [9.17, 15) is 32.7 Å². The molecule has 1 fully saturated rings. The second-order valence-corrected chi connectivity index (χ2v) is 13.4. The number of piperidine rings is 1. The van der Waals surface area contributed by atoms with Crippen LogP contribution in [0.3, 0.4) is 0 Å². The van der Waals surface area contributed by atoms with Gasteiger partial charge < -0.3 is 29.0 Å². The van der Waals surface area contributed by atoms with Crippen molar-refractivity contribution >= 4 is 40.5 Å². The number of amides is 2. The summed E-state index contributed by atoms with van der Waals surface area (Å²) in [6, 6.07) is 9.03. The van der Waals surface area contributed by atoms with E-state index in [0.717, 1.165) is 28.4 Å². The first-order valence-corrected chi connectivity index (χ1v) is 16.9. The molecule has 8 rings (SSSR count). The van der Waals surface area contributed by atoms with Gasteiger partial charge in [0.1, 0.15) is 23.5 Å². The van der Waals surface area contributed by atoms with Crippen LogP contribution in [0.15, 0.2) is 65.8 Å². The predicted octanol–water partition coefficient (Wildman–Crippen LogP) is 5.15. The molecule has 1 saturated heterocycles. The number of rotatable bonds is 5. The number of nitrogens with zero attached hydrogens (tertiary/aromatic N) is 8. The molecule has 272 valence electrons. The zero-order valence-corrected chi connectivity index (χ0v) is 28.8. The van der Waals surface area contributed by atoms with Crippen LogP contribution in [0.4, 0.5) is 18.9 Å². The Bertz CT molecular complexity index is 2540. The molecule has 0 saturated carbocycles. The van der Waals surface area contributed by atoms with Crippen LogP contribution in [0, 0.1) is 6.92 Å². The molecule has 7 heterocycles. The molecule has 0 aliphatic carbocycles. The molecule has 2 amide bonds. The van der Waals surface area contributed by atoms with Crippen molar-refractivity contribution in [1.29, 1.82) is 0 Å². The number of imidazole rings is 1.